The molecule has 30 heavy (non-hydrogen) atoms. The van der Waals surface area contributed by atoms with Crippen molar-refractivity contribution < 1.29 is 14.2 Å². The first-order chi connectivity index (χ1) is 14.8. The summed E-state index contributed by atoms with van der Waals surface area (Å²) in [7, 11) is 3.52. The molecule has 0 bridgehead atoms. The van der Waals surface area contributed by atoms with Gasteiger partial charge in [0.1, 0.15) is 24.2 Å². The molecule has 1 unspecified atom stereocenters. The van der Waals surface area contributed by atoms with Gasteiger partial charge in [-0.25, -0.2) is 0 Å². The third-order valence-corrected chi connectivity index (χ3v) is 7.16. The normalized spacial score (nSPS) is 18.0. The quantitative estimate of drug-likeness (QED) is 0.633. The molecule has 0 N–H and O–H groups in total. The van der Waals surface area contributed by atoms with E-state index in [0.717, 1.165) is 50.6 Å². The highest BCUT2D eigenvalue weighted by molar-refractivity contribution is 7.99. The Morgan fingerprint density at radius 2 is 1.77 bits per heavy atom. The number of nitrogens with zero attached hydrogens (tertiary/aromatic N) is 2. The molecule has 0 saturated carbocycles. The lowest BCUT2D eigenvalue weighted by Crippen LogP contribution is -2.49. The summed E-state index contributed by atoms with van der Waals surface area (Å²) < 4.78 is 17.5. The highest BCUT2D eigenvalue weighted by Gasteiger charge is 2.23. The van der Waals surface area contributed by atoms with Crippen LogP contribution < -0.4 is 14.4 Å². The van der Waals surface area contributed by atoms with Crippen molar-refractivity contribution in [1.29, 1.82) is 0 Å². The highest BCUT2D eigenvalue weighted by atomic mass is 32.2. The lowest BCUT2D eigenvalue weighted by atomic mass is 10.1. The molecule has 2 aromatic rings. The van der Waals surface area contributed by atoms with Gasteiger partial charge in [0.15, 0.2) is 0 Å². The third kappa shape index (κ3) is 5.05. The van der Waals surface area contributed by atoms with Crippen LogP contribution in [0.1, 0.15) is 12.0 Å². The fourth-order valence-corrected chi connectivity index (χ4v) is 5.32. The molecule has 6 heteroatoms. The second-order valence-electron chi connectivity index (χ2n) is 7.82. The Morgan fingerprint density at radius 3 is 2.57 bits per heavy atom. The zero-order chi connectivity index (χ0) is 20.8. The molecule has 4 rings (SSSR count). The largest absolute Gasteiger partial charge is 0.495 e. The summed E-state index contributed by atoms with van der Waals surface area (Å²) in [4.78, 5) is 6.20. The molecule has 0 aromatic heterocycles. The van der Waals surface area contributed by atoms with Gasteiger partial charge in [-0.15, -0.1) is 11.8 Å². The van der Waals surface area contributed by atoms with Crippen LogP contribution in [0.5, 0.6) is 11.5 Å². The number of ether oxygens (including phenoxy) is 3. The van der Waals surface area contributed by atoms with Crippen LogP contribution in [-0.4, -0.2) is 70.3 Å². The first-order valence-corrected chi connectivity index (χ1v) is 11.8. The minimum atomic E-state index is 0.0623. The maximum Gasteiger partial charge on any atom is 0.142 e. The van der Waals surface area contributed by atoms with E-state index in [1.165, 1.54) is 28.3 Å². The fraction of sp³-hybridized carbons (Fsp3) is 0.500. The number of hydrogen-bond acceptors (Lipinski definition) is 6. The van der Waals surface area contributed by atoms with E-state index in [1.54, 1.807) is 14.2 Å². The van der Waals surface area contributed by atoms with Gasteiger partial charge in [-0.2, -0.15) is 0 Å². The van der Waals surface area contributed by atoms with E-state index in [0.29, 0.717) is 6.61 Å². The van der Waals surface area contributed by atoms with Crippen LogP contribution in [0.15, 0.2) is 47.4 Å². The van der Waals surface area contributed by atoms with Crippen molar-refractivity contribution in [3.05, 3.63) is 48.0 Å². The Hall–Kier alpha value is -1.89. The van der Waals surface area contributed by atoms with E-state index in [-0.39, 0.29) is 6.10 Å². The van der Waals surface area contributed by atoms with Crippen LogP contribution in [0.3, 0.4) is 0 Å². The maximum atomic E-state index is 6.22. The molecule has 2 aromatic carbocycles. The number of aryl methyl sites for hydroxylation is 1. The number of anilines is 1. The van der Waals surface area contributed by atoms with E-state index in [2.05, 4.69) is 40.1 Å². The van der Waals surface area contributed by atoms with Crippen molar-refractivity contribution in [1.82, 2.24) is 4.90 Å². The predicted octanol–water partition coefficient (Wildman–Crippen LogP) is 3.95. The second-order valence-corrected chi connectivity index (χ2v) is 8.93. The molecular formula is C24H32N2O3S. The standard InChI is InChI=1S/C24H32N2O3S/c1-27-20(18-29-23-11-5-7-19-8-6-16-30-24(19)23)17-25-12-14-26(15-13-25)21-9-3-4-10-22(21)28-2/h3-5,7,9-11,20H,6,8,12-18H2,1-2H3. The fourth-order valence-electron chi connectivity index (χ4n) is 4.20. The Kier molecular flexibility index (Phi) is 7.42. The van der Waals surface area contributed by atoms with E-state index < -0.39 is 0 Å². The molecule has 5 nitrogen and oxygen atoms in total. The Morgan fingerprint density at radius 1 is 0.967 bits per heavy atom. The molecule has 0 amide bonds. The van der Waals surface area contributed by atoms with Gasteiger partial charge in [-0.3, -0.25) is 4.90 Å². The third-order valence-electron chi connectivity index (χ3n) is 5.92. The second kappa shape index (κ2) is 10.4. The van der Waals surface area contributed by atoms with Gasteiger partial charge in [0.05, 0.1) is 17.7 Å². The van der Waals surface area contributed by atoms with E-state index in [1.807, 2.05) is 23.9 Å². The minimum Gasteiger partial charge on any atom is -0.495 e. The van der Waals surface area contributed by atoms with Crippen LogP contribution in [0.2, 0.25) is 0 Å². The van der Waals surface area contributed by atoms with Crippen molar-refractivity contribution in [3.8, 4) is 11.5 Å². The first-order valence-electron chi connectivity index (χ1n) is 10.8. The number of piperazine rings is 1. The topological polar surface area (TPSA) is 34.2 Å². The highest BCUT2D eigenvalue weighted by Crippen LogP contribution is 2.37. The summed E-state index contributed by atoms with van der Waals surface area (Å²) >= 11 is 1.92. The zero-order valence-corrected chi connectivity index (χ0v) is 18.8. The molecule has 0 radical (unpaired) electrons. The average molecular weight is 429 g/mol. The number of thioether (sulfide) groups is 1. The van der Waals surface area contributed by atoms with Crippen LogP contribution >= 0.6 is 11.8 Å². The summed E-state index contributed by atoms with van der Waals surface area (Å²) in [6.45, 7) is 5.46. The van der Waals surface area contributed by atoms with Gasteiger partial charge in [-0.1, -0.05) is 24.3 Å². The van der Waals surface area contributed by atoms with Crippen LogP contribution in [0, 0.1) is 0 Å². The van der Waals surface area contributed by atoms with Crippen LogP contribution in [0.4, 0.5) is 5.69 Å². The predicted molar refractivity (Wildman–Crippen MR) is 123 cm³/mol. The van der Waals surface area contributed by atoms with Gasteiger partial charge < -0.3 is 19.1 Å². The average Bonchev–Trinajstić information content (AvgIpc) is 2.82. The number of para-hydroxylation sites is 2. The van der Waals surface area contributed by atoms with Crippen LogP contribution in [-0.2, 0) is 11.2 Å². The minimum absolute atomic E-state index is 0.0623. The molecule has 1 atom stereocenters. The van der Waals surface area contributed by atoms with Crippen molar-refractivity contribution in [2.24, 2.45) is 0 Å². The van der Waals surface area contributed by atoms with Crippen LogP contribution in [0.25, 0.3) is 0 Å². The van der Waals surface area contributed by atoms with E-state index in [4.69, 9.17) is 14.2 Å². The summed E-state index contributed by atoms with van der Waals surface area (Å²) in [6, 6.07) is 14.7. The zero-order valence-electron chi connectivity index (χ0n) is 18.0. The first kappa shape index (κ1) is 21.3. The Labute approximate surface area is 184 Å². The molecule has 162 valence electrons. The smallest absolute Gasteiger partial charge is 0.142 e. The van der Waals surface area contributed by atoms with Crippen molar-refractivity contribution in [3.63, 3.8) is 0 Å². The SMILES string of the molecule is COc1ccccc1N1CCN(CC(COc2cccc3c2SCCC3)OC)CC1. The lowest BCUT2D eigenvalue weighted by Gasteiger charge is -2.37. The van der Waals surface area contributed by atoms with E-state index >= 15 is 0 Å². The number of benzene rings is 2. The Balaban J connectivity index is 1.29. The summed E-state index contributed by atoms with van der Waals surface area (Å²) in [5, 5.41) is 0. The van der Waals surface area contributed by atoms with Gasteiger partial charge in [-0.05, 0) is 42.4 Å². The molecule has 0 aliphatic carbocycles. The summed E-state index contributed by atoms with van der Waals surface area (Å²) in [5.41, 5.74) is 2.60. The molecular weight excluding hydrogens is 396 g/mol. The molecule has 2 heterocycles. The van der Waals surface area contributed by atoms with Gasteiger partial charge in [0.25, 0.3) is 0 Å². The molecule has 0 spiro atoms. The van der Waals surface area contributed by atoms with Gasteiger partial charge in [0.2, 0.25) is 0 Å². The lowest BCUT2D eigenvalue weighted by molar-refractivity contribution is 0.0274. The number of hydrogen-bond donors (Lipinski definition) is 0. The van der Waals surface area contributed by atoms with Crippen molar-refractivity contribution in [2.75, 3.05) is 64.2 Å². The summed E-state index contributed by atoms with van der Waals surface area (Å²) in [6.07, 6.45) is 2.47. The van der Waals surface area contributed by atoms with Crippen molar-refractivity contribution >= 4 is 17.4 Å². The molecule has 1 saturated heterocycles. The molecule has 1 fully saturated rings. The molecule has 2 aliphatic rings. The number of fused-ring (bicyclic) bond motifs is 1. The van der Waals surface area contributed by atoms with Crippen molar-refractivity contribution in [2.45, 2.75) is 23.8 Å². The molecule has 2 aliphatic heterocycles. The van der Waals surface area contributed by atoms with E-state index in [9.17, 15) is 0 Å². The summed E-state index contributed by atoms with van der Waals surface area (Å²) in [5.74, 6) is 3.14. The number of rotatable bonds is 8. The van der Waals surface area contributed by atoms with Gasteiger partial charge in [0, 0.05) is 39.8 Å². The Bertz CT molecular complexity index is 824. The number of methoxy groups -OCH3 is 2. The maximum absolute atomic E-state index is 6.22. The van der Waals surface area contributed by atoms with Gasteiger partial charge >= 0.3 is 0 Å². The monoisotopic (exact) mass is 428 g/mol.